The highest BCUT2D eigenvalue weighted by Crippen LogP contribution is 2.50. The monoisotopic (exact) mass is 403 g/mol. The summed E-state index contributed by atoms with van der Waals surface area (Å²) < 4.78 is 25.1. The van der Waals surface area contributed by atoms with Crippen molar-refractivity contribution in [1.29, 1.82) is 0 Å². The number of rotatable bonds is 6. The van der Waals surface area contributed by atoms with Crippen molar-refractivity contribution in [2.75, 3.05) is 7.05 Å². The van der Waals surface area contributed by atoms with Crippen molar-refractivity contribution >= 4 is 9.73 Å². The van der Waals surface area contributed by atoms with Crippen molar-refractivity contribution in [2.45, 2.75) is 69.2 Å². The first-order valence-electron chi connectivity index (χ1n) is 10.3. The predicted octanol–water partition coefficient (Wildman–Crippen LogP) is 5.30. The lowest BCUT2D eigenvalue weighted by Crippen LogP contribution is -2.51. The summed E-state index contributed by atoms with van der Waals surface area (Å²) in [7, 11) is -1.38. The maximum Gasteiger partial charge on any atom is 0.202 e. The molecule has 4 atom stereocenters. The summed E-state index contributed by atoms with van der Waals surface area (Å²) in [6, 6.07) is 9.31. The lowest BCUT2D eigenvalue weighted by Gasteiger charge is -2.48. The van der Waals surface area contributed by atoms with Crippen LogP contribution in [-0.4, -0.2) is 28.3 Å². The quantitative estimate of drug-likeness (QED) is 0.656. The van der Waals surface area contributed by atoms with Gasteiger partial charge in [-0.1, -0.05) is 44.5 Å². The molecule has 1 N–H and O–H groups in total. The van der Waals surface area contributed by atoms with Crippen LogP contribution in [0.25, 0.3) is 0 Å². The molecule has 4 nitrogen and oxygen atoms in total. The molecule has 1 saturated carbocycles. The first-order valence-corrected chi connectivity index (χ1v) is 11.8. The molecule has 1 aromatic carbocycles. The third-order valence-electron chi connectivity index (χ3n) is 5.97. The molecule has 3 rings (SSSR count). The van der Waals surface area contributed by atoms with Crippen LogP contribution >= 0.6 is 0 Å². The lowest BCUT2D eigenvalue weighted by molar-refractivity contribution is -0.232. The summed E-state index contributed by atoms with van der Waals surface area (Å²) in [5.41, 5.74) is 1.11. The number of hydrogen-bond acceptors (Lipinski definition) is 4. The van der Waals surface area contributed by atoms with Gasteiger partial charge in [-0.05, 0) is 49.3 Å². The van der Waals surface area contributed by atoms with Crippen LogP contribution in [0.1, 0.15) is 52.4 Å². The molecule has 0 saturated heterocycles. The van der Waals surface area contributed by atoms with E-state index < -0.39 is 15.5 Å². The predicted molar refractivity (Wildman–Crippen MR) is 114 cm³/mol. The van der Waals surface area contributed by atoms with Gasteiger partial charge >= 0.3 is 0 Å². The summed E-state index contributed by atoms with van der Waals surface area (Å²) in [4.78, 5) is 1.14. The van der Waals surface area contributed by atoms with E-state index in [1.807, 2.05) is 30.3 Å². The van der Waals surface area contributed by atoms with Crippen molar-refractivity contribution in [3.63, 3.8) is 0 Å². The molecule has 1 fully saturated rings. The Kier molecular flexibility index (Phi) is 6.47. The molecule has 154 valence electrons. The largest absolute Gasteiger partial charge is 0.361 e. The molecular formula is C23H33NO3S. The third-order valence-corrected chi connectivity index (χ3v) is 8.53. The Bertz CT molecular complexity index is 852. The second-order valence-electron chi connectivity index (χ2n) is 8.17. The van der Waals surface area contributed by atoms with Gasteiger partial charge in [-0.25, -0.2) is 8.57 Å². The molecule has 1 aliphatic carbocycles. The van der Waals surface area contributed by atoms with Gasteiger partial charge < -0.3 is 9.84 Å². The number of nitrogens with zero attached hydrogens (tertiary/aromatic N) is 1. The summed E-state index contributed by atoms with van der Waals surface area (Å²) >= 11 is 0. The Morgan fingerprint density at radius 2 is 2.07 bits per heavy atom. The van der Waals surface area contributed by atoms with E-state index in [-0.39, 0.29) is 17.9 Å². The van der Waals surface area contributed by atoms with Crippen molar-refractivity contribution in [3.05, 3.63) is 53.5 Å². The first kappa shape index (κ1) is 21.3. The van der Waals surface area contributed by atoms with E-state index in [0.29, 0.717) is 22.6 Å². The summed E-state index contributed by atoms with van der Waals surface area (Å²) in [5.74, 6) is -1.13. The molecule has 0 aromatic heterocycles. The van der Waals surface area contributed by atoms with Gasteiger partial charge in [0.05, 0.1) is 15.9 Å². The van der Waals surface area contributed by atoms with Crippen LogP contribution in [-0.2, 0) is 14.5 Å². The number of benzene rings is 1. The molecule has 0 bridgehead atoms. The topological polar surface area (TPSA) is 58.9 Å². The Morgan fingerprint density at radius 1 is 1.36 bits per heavy atom. The van der Waals surface area contributed by atoms with Crippen molar-refractivity contribution in [3.8, 4) is 0 Å². The van der Waals surface area contributed by atoms with Crippen LogP contribution in [0.3, 0.4) is 0 Å². The molecule has 1 aliphatic heterocycles. The van der Waals surface area contributed by atoms with E-state index in [4.69, 9.17) is 4.74 Å². The van der Waals surface area contributed by atoms with Gasteiger partial charge in [0, 0.05) is 19.4 Å². The highest BCUT2D eigenvalue weighted by Gasteiger charge is 2.51. The molecular weight excluding hydrogens is 370 g/mol. The highest BCUT2D eigenvalue weighted by atomic mass is 32.2. The van der Waals surface area contributed by atoms with Crippen molar-refractivity contribution < 1.29 is 14.1 Å². The SMILES string of the molecule is C=CCC[C@@]1(O)O[C@@H](C(C)C)[C@@H]2CCCCC2=C1S(=O)(=NC)c1ccccc1. The van der Waals surface area contributed by atoms with Crippen molar-refractivity contribution in [1.82, 2.24) is 0 Å². The fourth-order valence-corrected chi connectivity index (χ4v) is 7.03. The maximum atomic E-state index is 14.3. The van der Waals surface area contributed by atoms with Crippen LogP contribution in [0.15, 0.2) is 62.7 Å². The molecule has 0 radical (unpaired) electrons. The average molecular weight is 404 g/mol. The molecule has 0 amide bonds. The van der Waals surface area contributed by atoms with E-state index in [1.165, 1.54) is 0 Å². The van der Waals surface area contributed by atoms with Gasteiger partial charge in [-0.2, -0.15) is 0 Å². The molecule has 1 aromatic rings. The maximum absolute atomic E-state index is 14.3. The Hall–Kier alpha value is -1.43. The van der Waals surface area contributed by atoms with Crippen LogP contribution in [0.4, 0.5) is 0 Å². The number of ether oxygens (including phenoxy) is 1. The summed E-state index contributed by atoms with van der Waals surface area (Å²) in [6.45, 7) is 8.07. The van der Waals surface area contributed by atoms with Gasteiger partial charge in [-0.15, -0.1) is 6.58 Å². The van der Waals surface area contributed by atoms with Gasteiger partial charge in [0.15, 0.2) is 0 Å². The molecule has 2 aliphatic rings. The normalized spacial score (nSPS) is 29.9. The smallest absolute Gasteiger partial charge is 0.202 e. The summed E-state index contributed by atoms with van der Waals surface area (Å²) in [5, 5.41) is 11.8. The van der Waals surface area contributed by atoms with Crippen LogP contribution in [0.2, 0.25) is 0 Å². The van der Waals surface area contributed by atoms with Crippen LogP contribution < -0.4 is 0 Å². The number of aliphatic hydroxyl groups is 1. The fourth-order valence-electron chi connectivity index (χ4n) is 4.68. The standard InChI is InChI=1S/C23H33NO3S/c1-5-6-16-23(25)22(28(26,24-4)18-12-8-7-9-13-18)20-15-11-10-14-19(20)21(27-23)17(2)3/h5,7-9,12-13,17,19,21,25H,1,6,10-11,14-16H2,2-4H3/t19-,21+,23-,28?/m1/s1. The lowest BCUT2D eigenvalue weighted by atomic mass is 9.74. The van der Waals surface area contributed by atoms with E-state index >= 15 is 0 Å². The van der Waals surface area contributed by atoms with Gasteiger partial charge in [0.1, 0.15) is 9.73 Å². The number of fused-ring (bicyclic) bond motifs is 1. The van der Waals surface area contributed by atoms with E-state index in [0.717, 1.165) is 31.3 Å². The minimum atomic E-state index is -2.97. The zero-order chi connectivity index (χ0) is 20.4. The zero-order valence-electron chi connectivity index (χ0n) is 17.3. The minimum absolute atomic E-state index is 0.0786. The van der Waals surface area contributed by atoms with Gasteiger partial charge in [0.2, 0.25) is 5.79 Å². The van der Waals surface area contributed by atoms with Gasteiger partial charge in [0.25, 0.3) is 0 Å². The third kappa shape index (κ3) is 3.72. The Labute approximate surface area is 169 Å². The number of hydrogen-bond donors (Lipinski definition) is 1. The van der Waals surface area contributed by atoms with Gasteiger partial charge in [-0.3, -0.25) is 0 Å². The zero-order valence-corrected chi connectivity index (χ0v) is 18.1. The number of allylic oxidation sites excluding steroid dienone is 1. The Balaban J connectivity index is 2.28. The van der Waals surface area contributed by atoms with E-state index in [9.17, 15) is 9.32 Å². The molecule has 5 heteroatoms. The molecule has 0 spiro atoms. The average Bonchev–Trinajstić information content (AvgIpc) is 2.71. The second-order valence-corrected chi connectivity index (χ2v) is 10.5. The fraction of sp³-hybridized carbons (Fsp3) is 0.565. The van der Waals surface area contributed by atoms with E-state index in [2.05, 4.69) is 24.8 Å². The molecule has 1 unspecified atom stereocenters. The molecule has 28 heavy (non-hydrogen) atoms. The van der Waals surface area contributed by atoms with Crippen LogP contribution in [0.5, 0.6) is 0 Å². The minimum Gasteiger partial charge on any atom is -0.361 e. The first-order chi connectivity index (χ1) is 13.4. The van der Waals surface area contributed by atoms with Crippen LogP contribution in [0, 0.1) is 11.8 Å². The second kappa shape index (κ2) is 8.52. The summed E-state index contributed by atoms with van der Waals surface area (Å²) in [6.07, 6.45) is 6.65. The van der Waals surface area contributed by atoms with E-state index in [1.54, 1.807) is 13.1 Å². The molecule has 1 heterocycles. The Morgan fingerprint density at radius 3 is 2.68 bits per heavy atom. The highest BCUT2D eigenvalue weighted by molar-refractivity contribution is 7.97. The van der Waals surface area contributed by atoms with Crippen molar-refractivity contribution in [2.24, 2.45) is 16.2 Å².